The van der Waals surface area contributed by atoms with Crippen molar-refractivity contribution in [2.24, 2.45) is 0 Å². The predicted octanol–water partition coefficient (Wildman–Crippen LogP) is 0.758. The van der Waals surface area contributed by atoms with Crippen LogP contribution in [-0.2, 0) is 19.6 Å². The van der Waals surface area contributed by atoms with Gasteiger partial charge in [-0.05, 0) is 24.3 Å². The molecule has 0 aromatic carbocycles. The Balaban J connectivity index is 1.62. The smallest absolute Gasteiger partial charge is 0.312 e. The summed E-state index contributed by atoms with van der Waals surface area (Å²) in [6.07, 6.45) is 2.70. The van der Waals surface area contributed by atoms with E-state index >= 15 is 0 Å². The number of piperidine rings is 1. The van der Waals surface area contributed by atoms with E-state index in [9.17, 15) is 18.0 Å². The highest BCUT2D eigenvalue weighted by molar-refractivity contribution is 7.91. The minimum Gasteiger partial charge on any atom is -0.330 e. The molecule has 0 bridgehead atoms. The molecule has 2 amide bonds. The topological polar surface area (TPSA) is 78.0 Å². The van der Waals surface area contributed by atoms with Gasteiger partial charge in [-0.2, -0.15) is 4.31 Å². The molecule has 0 atom stereocenters. The zero-order valence-electron chi connectivity index (χ0n) is 13.8. The highest BCUT2D eigenvalue weighted by Gasteiger charge is 2.38. The van der Waals surface area contributed by atoms with Crippen molar-refractivity contribution in [3.05, 3.63) is 30.2 Å². The third-order valence-electron chi connectivity index (χ3n) is 4.64. The highest BCUT2D eigenvalue weighted by atomic mass is 32.2. The lowest BCUT2D eigenvalue weighted by atomic mass is 10.0. The van der Waals surface area contributed by atoms with Crippen LogP contribution in [0, 0.1) is 0 Å². The molecular formula is C16H21N3O4S2. The summed E-state index contributed by atoms with van der Waals surface area (Å²) in [5.74, 6) is -0.993. The number of amides is 2. The number of thiophene rings is 1. The van der Waals surface area contributed by atoms with Gasteiger partial charge in [-0.1, -0.05) is 12.1 Å². The third kappa shape index (κ3) is 3.49. The number of carbonyl (C=O) groups is 2. The Bertz CT molecular complexity index is 752. The summed E-state index contributed by atoms with van der Waals surface area (Å²) in [4.78, 5) is 27.6. The summed E-state index contributed by atoms with van der Waals surface area (Å²) in [7, 11) is -3.45. The fraction of sp³-hybridized carbons (Fsp3) is 0.500. The van der Waals surface area contributed by atoms with E-state index < -0.39 is 21.8 Å². The first-order chi connectivity index (χ1) is 11.9. The number of sulfonamides is 1. The number of piperazine rings is 1. The normalized spacial score (nSPS) is 21.0. The number of nitrogens with zero attached hydrogens (tertiary/aromatic N) is 3. The van der Waals surface area contributed by atoms with Crippen LogP contribution in [0.15, 0.2) is 34.4 Å². The van der Waals surface area contributed by atoms with Crippen molar-refractivity contribution < 1.29 is 18.0 Å². The Morgan fingerprint density at radius 1 is 1.16 bits per heavy atom. The lowest BCUT2D eigenvalue weighted by Crippen LogP contribution is -2.59. The molecular weight excluding hydrogens is 362 g/mol. The molecule has 2 aliphatic heterocycles. The molecule has 25 heavy (non-hydrogen) atoms. The van der Waals surface area contributed by atoms with Crippen LogP contribution in [0.2, 0.25) is 0 Å². The molecule has 9 heteroatoms. The lowest BCUT2D eigenvalue weighted by Gasteiger charge is -2.41. The summed E-state index contributed by atoms with van der Waals surface area (Å²) in [6, 6.07) is 3.24. The standard InChI is InChI=1S/C16H21N3O4S2/c1-2-7-17-10-11-19(16(21)15(17)20)13-5-8-18(9-6-13)25(22,23)14-4-3-12-24-14/h2-4,12-13H,1,5-11H2. The van der Waals surface area contributed by atoms with Crippen molar-refractivity contribution in [2.75, 3.05) is 32.7 Å². The van der Waals surface area contributed by atoms with E-state index in [0.717, 1.165) is 0 Å². The van der Waals surface area contributed by atoms with Gasteiger partial charge in [0.1, 0.15) is 4.21 Å². The van der Waals surface area contributed by atoms with E-state index in [2.05, 4.69) is 6.58 Å². The van der Waals surface area contributed by atoms with E-state index in [1.54, 1.807) is 28.5 Å². The van der Waals surface area contributed by atoms with Gasteiger partial charge in [-0.15, -0.1) is 17.9 Å². The van der Waals surface area contributed by atoms with Crippen molar-refractivity contribution in [1.29, 1.82) is 0 Å². The monoisotopic (exact) mass is 383 g/mol. The number of carbonyl (C=O) groups excluding carboxylic acids is 2. The largest absolute Gasteiger partial charge is 0.330 e. The summed E-state index contributed by atoms with van der Waals surface area (Å²) in [5.41, 5.74) is 0. The molecule has 0 saturated carbocycles. The van der Waals surface area contributed by atoms with Crippen LogP contribution in [0.5, 0.6) is 0 Å². The molecule has 3 rings (SSSR count). The second-order valence-electron chi connectivity index (χ2n) is 6.11. The van der Waals surface area contributed by atoms with Crippen molar-refractivity contribution in [1.82, 2.24) is 14.1 Å². The fourth-order valence-corrected chi connectivity index (χ4v) is 5.91. The first-order valence-electron chi connectivity index (χ1n) is 8.19. The van der Waals surface area contributed by atoms with Crippen LogP contribution in [-0.4, -0.2) is 73.1 Å². The Kier molecular flexibility index (Phi) is 5.26. The molecule has 0 unspecified atom stereocenters. The van der Waals surface area contributed by atoms with Gasteiger partial charge in [0.05, 0.1) is 0 Å². The Hall–Kier alpha value is -1.71. The summed E-state index contributed by atoms with van der Waals surface area (Å²) < 4.78 is 26.9. The van der Waals surface area contributed by atoms with E-state index in [1.165, 1.54) is 20.5 Å². The first-order valence-corrected chi connectivity index (χ1v) is 10.5. The maximum atomic E-state index is 12.5. The minimum absolute atomic E-state index is 0.0860. The van der Waals surface area contributed by atoms with Crippen LogP contribution < -0.4 is 0 Å². The molecule has 0 radical (unpaired) electrons. The number of hydrogen-bond donors (Lipinski definition) is 0. The SMILES string of the molecule is C=CCN1CCN(C2CCN(S(=O)(=O)c3cccs3)CC2)C(=O)C1=O. The minimum atomic E-state index is -3.45. The number of rotatable bonds is 5. The van der Waals surface area contributed by atoms with Gasteiger partial charge in [0.15, 0.2) is 0 Å². The quantitative estimate of drug-likeness (QED) is 0.555. The molecule has 2 fully saturated rings. The average molecular weight is 383 g/mol. The van der Waals surface area contributed by atoms with Crippen molar-refractivity contribution >= 4 is 33.2 Å². The molecule has 0 aliphatic carbocycles. The molecule has 1 aromatic rings. The highest BCUT2D eigenvalue weighted by Crippen LogP contribution is 2.26. The molecule has 2 saturated heterocycles. The zero-order valence-corrected chi connectivity index (χ0v) is 15.5. The molecule has 0 N–H and O–H groups in total. The number of hydrogen-bond acceptors (Lipinski definition) is 5. The maximum Gasteiger partial charge on any atom is 0.312 e. The van der Waals surface area contributed by atoms with Crippen LogP contribution in [0.3, 0.4) is 0 Å². The van der Waals surface area contributed by atoms with E-state index in [4.69, 9.17) is 0 Å². The molecule has 2 aliphatic rings. The molecule has 3 heterocycles. The maximum absolute atomic E-state index is 12.5. The Labute approximate surface area is 151 Å². The van der Waals surface area contributed by atoms with Crippen molar-refractivity contribution in [3.63, 3.8) is 0 Å². The Morgan fingerprint density at radius 2 is 1.88 bits per heavy atom. The van der Waals surface area contributed by atoms with Gasteiger partial charge in [0.25, 0.3) is 10.0 Å². The average Bonchev–Trinajstić information content (AvgIpc) is 3.15. The van der Waals surface area contributed by atoms with E-state index in [0.29, 0.717) is 49.8 Å². The first kappa shape index (κ1) is 18.1. The zero-order chi connectivity index (χ0) is 18.0. The molecule has 0 spiro atoms. The van der Waals surface area contributed by atoms with Gasteiger partial charge in [0, 0.05) is 38.8 Å². The van der Waals surface area contributed by atoms with Gasteiger partial charge in [-0.3, -0.25) is 9.59 Å². The summed E-state index contributed by atoms with van der Waals surface area (Å²) in [5, 5.41) is 1.74. The second kappa shape index (κ2) is 7.27. The van der Waals surface area contributed by atoms with Crippen molar-refractivity contribution in [2.45, 2.75) is 23.1 Å². The predicted molar refractivity (Wildman–Crippen MR) is 94.6 cm³/mol. The van der Waals surface area contributed by atoms with Gasteiger partial charge in [-0.25, -0.2) is 8.42 Å². The van der Waals surface area contributed by atoms with Crippen LogP contribution >= 0.6 is 11.3 Å². The lowest BCUT2D eigenvalue weighted by molar-refractivity contribution is -0.157. The second-order valence-corrected chi connectivity index (χ2v) is 9.22. The third-order valence-corrected chi connectivity index (χ3v) is 7.92. The van der Waals surface area contributed by atoms with Gasteiger partial charge < -0.3 is 9.80 Å². The van der Waals surface area contributed by atoms with E-state index in [-0.39, 0.29) is 6.04 Å². The fourth-order valence-electron chi connectivity index (χ4n) is 3.30. The molecule has 7 nitrogen and oxygen atoms in total. The Morgan fingerprint density at radius 3 is 2.48 bits per heavy atom. The van der Waals surface area contributed by atoms with Crippen LogP contribution in [0.1, 0.15) is 12.8 Å². The van der Waals surface area contributed by atoms with Crippen LogP contribution in [0.4, 0.5) is 0 Å². The summed E-state index contributed by atoms with van der Waals surface area (Å²) in [6.45, 7) is 5.66. The van der Waals surface area contributed by atoms with Gasteiger partial charge >= 0.3 is 11.8 Å². The molecule has 1 aromatic heterocycles. The van der Waals surface area contributed by atoms with Gasteiger partial charge in [0.2, 0.25) is 0 Å². The summed E-state index contributed by atoms with van der Waals surface area (Å²) >= 11 is 1.21. The van der Waals surface area contributed by atoms with Crippen LogP contribution in [0.25, 0.3) is 0 Å². The van der Waals surface area contributed by atoms with E-state index in [1.807, 2.05) is 0 Å². The molecule has 136 valence electrons. The van der Waals surface area contributed by atoms with Crippen molar-refractivity contribution in [3.8, 4) is 0 Å².